The molecule has 1 aromatic carbocycles. The molecule has 0 radical (unpaired) electrons. The van der Waals surface area contributed by atoms with Crippen LogP contribution < -0.4 is 10.2 Å². The van der Waals surface area contributed by atoms with Gasteiger partial charge in [-0.3, -0.25) is 4.98 Å². The van der Waals surface area contributed by atoms with Crippen LogP contribution in [0, 0.1) is 12.7 Å². The lowest BCUT2D eigenvalue weighted by Gasteiger charge is -2.27. The van der Waals surface area contributed by atoms with Crippen LogP contribution in [0.5, 0.6) is 0 Å². The van der Waals surface area contributed by atoms with Gasteiger partial charge < -0.3 is 14.8 Å². The Morgan fingerprint density at radius 2 is 1.97 bits per heavy atom. The summed E-state index contributed by atoms with van der Waals surface area (Å²) in [4.78, 5) is 6.71. The first-order valence-electron chi connectivity index (χ1n) is 10.6. The minimum Gasteiger partial charge on any atom is -0.351 e. The van der Waals surface area contributed by atoms with E-state index in [-0.39, 0.29) is 17.9 Å². The summed E-state index contributed by atoms with van der Waals surface area (Å²) < 4.78 is 16.3. The van der Waals surface area contributed by atoms with Gasteiger partial charge in [-0.25, -0.2) is 4.39 Å². The second kappa shape index (κ2) is 7.84. The third-order valence-electron chi connectivity index (χ3n) is 6.34. The van der Waals surface area contributed by atoms with E-state index < -0.39 is 0 Å². The van der Waals surface area contributed by atoms with Gasteiger partial charge in [0.2, 0.25) is 0 Å². The molecule has 0 bridgehead atoms. The van der Waals surface area contributed by atoms with Crippen LogP contribution in [0.25, 0.3) is 0 Å². The number of rotatable bonds is 4. The van der Waals surface area contributed by atoms with Gasteiger partial charge in [-0.05, 0) is 79.5 Å². The third kappa shape index (κ3) is 3.39. The number of halogens is 1. The Morgan fingerprint density at radius 3 is 2.70 bits per heavy atom. The van der Waals surface area contributed by atoms with Crippen LogP contribution in [-0.2, 0) is 0 Å². The van der Waals surface area contributed by atoms with Crippen molar-refractivity contribution in [2.45, 2.75) is 50.7 Å². The van der Waals surface area contributed by atoms with Crippen molar-refractivity contribution in [3.8, 4) is 0 Å². The van der Waals surface area contributed by atoms with Crippen molar-refractivity contribution in [1.29, 1.82) is 0 Å². The number of anilines is 1. The Hall–Kier alpha value is -2.73. The normalized spacial score (nSPS) is 21.9. The number of benzene rings is 1. The van der Waals surface area contributed by atoms with E-state index in [4.69, 9.17) is 12.2 Å². The molecule has 3 aromatic rings. The molecule has 0 amide bonds. The molecule has 5 rings (SSSR count). The summed E-state index contributed by atoms with van der Waals surface area (Å²) in [5.74, 6) is -0.206. The zero-order valence-corrected chi connectivity index (χ0v) is 17.8. The van der Waals surface area contributed by atoms with E-state index in [1.807, 2.05) is 30.5 Å². The van der Waals surface area contributed by atoms with Crippen LogP contribution >= 0.6 is 12.2 Å². The smallest absolute Gasteiger partial charge is 0.174 e. The minimum absolute atomic E-state index is 0.0556. The first kappa shape index (κ1) is 19.2. The summed E-state index contributed by atoms with van der Waals surface area (Å²) in [6.07, 6.45) is 11.3. The fourth-order valence-corrected chi connectivity index (χ4v) is 5.13. The van der Waals surface area contributed by atoms with Crippen LogP contribution in [0.4, 0.5) is 10.1 Å². The molecule has 1 aliphatic carbocycles. The maximum Gasteiger partial charge on any atom is 0.174 e. The summed E-state index contributed by atoms with van der Waals surface area (Å²) >= 11 is 5.75. The van der Waals surface area contributed by atoms with E-state index in [1.165, 1.54) is 37.3 Å². The maximum absolute atomic E-state index is 13.9. The molecule has 0 spiro atoms. The molecular weight excluding hydrogens is 395 g/mol. The first-order chi connectivity index (χ1) is 14.6. The highest BCUT2D eigenvalue weighted by Crippen LogP contribution is 2.42. The van der Waals surface area contributed by atoms with Gasteiger partial charge in [-0.1, -0.05) is 18.9 Å². The highest BCUT2D eigenvalue weighted by Gasteiger charge is 2.41. The Bertz CT molecular complexity index is 1060. The van der Waals surface area contributed by atoms with Crippen LogP contribution in [-0.4, -0.2) is 14.7 Å². The van der Waals surface area contributed by atoms with E-state index in [9.17, 15) is 4.39 Å². The molecule has 2 unspecified atom stereocenters. The molecule has 2 aromatic heterocycles. The molecule has 1 saturated carbocycles. The molecule has 1 N–H and O–H groups in total. The van der Waals surface area contributed by atoms with Crippen LogP contribution in [0.3, 0.4) is 0 Å². The zero-order chi connectivity index (χ0) is 20.7. The van der Waals surface area contributed by atoms with Gasteiger partial charge in [0.1, 0.15) is 5.82 Å². The molecule has 1 saturated heterocycles. The average Bonchev–Trinajstić information content (AvgIpc) is 3.50. The first-order valence-corrected chi connectivity index (χ1v) is 11.0. The molecular formula is C24H25FN4S. The number of aromatic nitrogens is 2. The molecule has 2 aliphatic rings. The summed E-state index contributed by atoms with van der Waals surface area (Å²) in [7, 11) is 0. The van der Waals surface area contributed by atoms with E-state index >= 15 is 0 Å². The van der Waals surface area contributed by atoms with Crippen molar-refractivity contribution in [2.24, 2.45) is 0 Å². The number of hydrogen-bond acceptors (Lipinski definition) is 2. The summed E-state index contributed by atoms with van der Waals surface area (Å²) in [6, 6.07) is 13.8. The quantitative estimate of drug-likeness (QED) is 0.555. The molecule has 4 nitrogen and oxygen atoms in total. The highest BCUT2D eigenvalue weighted by atomic mass is 32.1. The number of hydrogen-bond donors (Lipinski definition) is 1. The van der Waals surface area contributed by atoms with Crippen LogP contribution in [0.2, 0.25) is 0 Å². The molecule has 2 atom stereocenters. The Kier molecular flexibility index (Phi) is 5.03. The highest BCUT2D eigenvalue weighted by molar-refractivity contribution is 7.80. The van der Waals surface area contributed by atoms with Gasteiger partial charge in [0.25, 0.3) is 0 Å². The number of pyridine rings is 1. The fourth-order valence-electron chi connectivity index (χ4n) is 4.79. The lowest BCUT2D eigenvalue weighted by Crippen LogP contribution is -2.29. The Balaban J connectivity index is 1.58. The van der Waals surface area contributed by atoms with Crippen molar-refractivity contribution < 1.29 is 4.39 Å². The van der Waals surface area contributed by atoms with Crippen molar-refractivity contribution in [2.75, 3.05) is 4.90 Å². The van der Waals surface area contributed by atoms with Gasteiger partial charge in [0.15, 0.2) is 5.11 Å². The van der Waals surface area contributed by atoms with Gasteiger partial charge in [0, 0.05) is 30.3 Å². The number of aryl methyl sites for hydroxylation is 1. The molecule has 2 fully saturated rings. The molecule has 30 heavy (non-hydrogen) atoms. The van der Waals surface area contributed by atoms with E-state index in [2.05, 4.69) is 38.2 Å². The predicted octanol–water partition coefficient (Wildman–Crippen LogP) is 5.62. The maximum atomic E-state index is 13.9. The largest absolute Gasteiger partial charge is 0.351 e. The lowest BCUT2D eigenvalue weighted by molar-refractivity contribution is 0.515. The van der Waals surface area contributed by atoms with Crippen molar-refractivity contribution in [1.82, 2.24) is 14.9 Å². The second-order valence-corrected chi connectivity index (χ2v) is 8.65. The van der Waals surface area contributed by atoms with Crippen molar-refractivity contribution in [3.05, 3.63) is 83.7 Å². The van der Waals surface area contributed by atoms with Crippen LogP contribution in [0.15, 0.2) is 61.1 Å². The Labute approximate surface area is 181 Å². The van der Waals surface area contributed by atoms with Crippen molar-refractivity contribution >= 4 is 23.0 Å². The summed E-state index contributed by atoms with van der Waals surface area (Å²) in [5.41, 5.74) is 3.63. The van der Waals surface area contributed by atoms with Gasteiger partial charge >= 0.3 is 0 Å². The summed E-state index contributed by atoms with van der Waals surface area (Å²) in [5, 5.41) is 4.11. The van der Waals surface area contributed by atoms with Gasteiger partial charge in [-0.2, -0.15) is 0 Å². The van der Waals surface area contributed by atoms with E-state index in [0.717, 1.165) is 11.4 Å². The number of nitrogens with zero attached hydrogens (tertiary/aromatic N) is 3. The standard InChI is InChI=1S/C24H25FN4S/c1-16-14-19(9-10-20(16)25)29-23(17-11-13-28(15-17)18-6-2-3-7-18)22(27-24(29)30)21-8-4-5-12-26-21/h4-5,8-15,18,22-23H,2-3,6-7H2,1H3,(H,27,30). The predicted molar refractivity (Wildman–Crippen MR) is 121 cm³/mol. The lowest BCUT2D eigenvalue weighted by atomic mass is 9.98. The second-order valence-electron chi connectivity index (χ2n) is 8.26. The minimum atomic E-state index is -0.206. The SMILES string of the molecule is Cc1cc(N2C(=S)NC(c3ccccn3)C2c2ccn(C3CCCC3)c2)ccc1F. The topological polar surface area (TPSA) is 33.1 Å². The van der Waals surface area contributed by atoms with E-state index in [1.54, 1.807) is 13.0 Å². The number of nitrogens with one attached hydrogen (secondary N) is 1. The summed E-state index contributed by atoms with van der Waals surface area (Å²) in [6.45, 7) is 1.78. The number of thiocarbonyl (C=S) groups is 1. The molecule has 154 valence electrons. The monoisotopic (exact) mass is 420 g/mol. The molecule has 1 aliphatic heterocycles. The Morgan fingerprint density at radius 1 is 1.13 bits per heavy atom. The molecule has 3 heterocycles. The zero-order valence-electron chi connectivity index (χ0n) is 17.0. The van der Waals surface area contributed by atoms with Gasteiger partial charge in [0.05, 0.1) is 17.8 Å². The van der Waals surface area contributed by atoms with Gasteiger partial charge in [-0.15, -0.1) is 0 Å². The third-order valence-corrected chi connectivity index (χ3v) is 6.66. The molecule has 6 heteroatoms. The van der Waals surface area contributed by atoms with Crippen molar-refractivity contribution in [3.63, 3.8) is 0 Å². The van der Waals surface area contributed by atoms with Crippen LogP contribution in [0.1, 0.15) is 60.6 Å². The average molecular weight is 421 g/mol. The van der Waals surface area contributed by atoms with E-state index in [0.29, 0.717) is 16.7 Å². The fraction of sp³-hybridized carbons (Fsp3) is 0.333.